The van der Waals surface area contributed by atoms with Crippen molar-refractivity contribution >= 4 is 24.2 Å². The highest BCUT2D eigenvalue weighted by molar-refractivity contribution is 9.10. The number of hydrogen-bond acceptors (Lipinski definition) is 3. The van der Waals surface area contributed by atoms with Crippen LogP contribution in [-0.4, -0.2) is 26.5 Å². The normalized spacial score (nSPS) is 12.6. The molecule has 0 saturated heterocycles. The Morgan fingerprint density at radius 3 is 2.50 bits per heavy atom. The van der Waals surface area contributed by atoms with Crippen LogP contribution in [0, 0.1) is 0 Å². The number of hydrogen-bond donors (Lipinski definition) is 0. The smallest absolute Gasteiger partial charge is 0.228 e. The zero-order chi connectivity index (χ0) is 13.8. The Hall–Kier alpha value is -0.393. The van der Waals surface area contributed by atoms with Gasteiger partial charge in [0.25, 0.3) is 0 Å². The predicted octanol–water partition coefficient (Wildman–Crippen LogP) is 4.24. The van der Waals surface area contributed by atoms with Crippen LogP contribution in [0.3, 0.4) is 0 Å². The van der Waals surface area contributed by atoms with Crippen LogP contribution in [-0.2, 0) is 4.43 Å². The van der Waals surface area contributed by atoms with Gasteiger partial charge in [-0.15, -0.1) is 0 Å². The van der Waals surface area contributed by atoms with Crippen molar-refractivity contribution in [2.75, 3.05) is 13.2 Å². The molecule has 0 aliphatic carbocycles. The zero-order valence-electron chi connectivity index (χ0n) is 11.8. The van der Waals surface area contributed by atoms with Crippen LogP contribution >= 0.6 is 15.9 Å². The summed E-state index contributed by atoms with van der Waals surface area (Å²) in [5.41, 5.74) is 0. The third kappa shape index (κ3) is 4.37. The second-order valence-electron chi connectivity index (χ2n) is 5.75. The monoisotopic (exact) mass is 331 g/mol. The van der Waals surface area contributed by atoms with E-state index in [-0.39, 0.29) is 5.04 Å². The zero-order valence-corrected chi connectivity index (χ0v) is 14.4. The molecule has 0 saturated carbocycles. The first-order valence-electron chi connectivity index (χ1n) is 6.11. The van der Waals surface area contributed by atoms with E-state index in [2.05, 4.69) is 54.8 Å². The number of ether oxygens (including phenoxy) is 1. The Morgan fingerprint density at radius 1 is 1.28 bits per heavy atom. The Kier molecular flexibility index (Phi) is 5.37. The molecule has 1 aromatic heterocycles. The van der Waals surface area contributed by atoms with Crippen LogP contribution in [0.2, 0.25) is 18.1 Å². The van der Waals surface area contributed by atoms with E-state index in [1.807, 2.05) is 12.1 Å². The minimum atomic E-state index is -1.67. The first kappa shape index (κ1) is 15.7. The molecule has 102 valence electrons. The third-order valence-electron chi connectivity index (χ3n) is 3.32. The van der Waals surface area contributed by atoms with E-state index in [0.29, 0.717) is 19.1 Å². The van der Waals surface area contributed by atoms with Gasteiger partial charge in [0.15, 0.2) is 8.32 Å². The summed E-state index contributed by atoms with van der Waals surface area (Å²) in [6.45, 7) is 12.3. The molecule has 1 aromatic rings. The largest absolute Gasteiger partial charge is 0.474 e. The molecular weight excluding hydrogens is 310 g/mol. The Morgan fingerprint density at radius 2 is 1.94 bits per heavy atom. The van der Waals surface area contributed by atoms with Crippen LogP contribution in [0.5, 0.6) is 5.88 Å². The minimum Gasteiger partial charge on any atom is -0.474 e. The first-order valence-corrected chi connectivity index (χ1v) is 9.81. The van der Waals surface area contributed by atoms with E-state index in [1.165, 1.54) is 0 Å². The Labute approximate surface area is 119 Å². The van der Waals surface area contributed by atoms with Gasteiger partial charge in [0.1, 0.15) is 6.61 Å². The number of pyridine rings is 1. The van der Waals surface area contributed by atoms with Gasteiger partial charge in [-0.2, -0.15) is 0 Å². The van der Waals surface area contributed by atoms with Gasteiger partial charge in [-0.3, -0.25) is 0 Å². The van der Waals surface area contributed by atoms with Gasteiger partial charge in [-0.05, 0) is 46.2 Å². The van der Waals surface area contributed by atoms with Crippen molar-refractivity contribution < 1.29 is 9.16 Å². The molecule has 0 N–H and O–H groups in total. The molecule has 3 nitrogen and oxygen atoms in total. The summed E-state index contributed by atoms with van der Waals surface area (Å²) in [6.07, 6.45) is 1.72. The molecule has 0 aliphatic rings. The first-order chi connectivity index (χ1) is 8.24. The van der Waals surface area contributed by atoms with Gasteiger partial charge < -0.3 is 9.16 Å². The van der Waals surface area contributed by atoms with Crippen LogP contribution in [0.1, 0.15) is 20.8 Å². The summed E-state index contributed by atoms with van der Waals surface area (Å²) >= 11 is 3.40. The third-order valence-corrected chi connectivity index (χ3v) is 8.46. The molecule has 0 unspecified atom stereocenters. The van der Waals surface area contributed by atoms with E-state index in [0.717, 1.165) is 4.47 Å². The second kappa shape index (κ2) is 6.17. The lowest BCUT2D eigenvalue weighted by Crippen LogP contribution is -2.41. The SMILES string of the molecule is CC(C)(C)[Si](C)(C)OCCOc1ncccc1Br. The van der Waals surface area contributed by atoms with Gasteiger partial charge in [0, 0.05) is 6.20 Å². The van der Waals surface area contributed by atoms with Crippen molar-refractivity contribution in [3.8, 4) is 5.88 Å². The Balaban J connectivity index is 2.38. The highest BCUT2D eigenvalue weighted by Crippen LogP contribution is 2.36. The second-order valence-corrected chi connectivity index (χ2v) is 11.4. The molecular formula is C13H22BrNO2Si. The van der Waals surface area contributed by atoms with Gasteiger partial charge in [0.05, 0.1) is 11.1 Å². The summed E-state index contributed by atoms with van der Waals surface area (Å²) in [5.74, 6) is 0.622. The molecule has 5 heteroatoms. The van der Waals surface area contributed by atoms with Crippen molar-refractivity contribution in [2.45, 2.75) is 38.9 Å². The fourth-order valence-electron chi connectivity index (χ4n) is 1.13. The van der Waals surface area contributed by atoms with E-state index in [1.54, 1.807) is 6.20 Å². The highest BCUT2D eigenvalue weighted by atomic mass is 79.9. The molecule has 1 rings (SSSR count). The lowest BCUT2D eigenvalue weighted by atomic mass is 10.2. The summed E-state index contributed by atoms with van der Waals surface area (Å²) in [6, 6.07) is 3.78. The average molecular weight is 332 g/mol. The topological polar surface area (TPSA) is 31.4 Å². The molecule has 18 heavy (non-hydrogen) atoms. The summed E-state index contributed by atoms with van der Waals surface area (Å²) in [7, 11) is -1.67. The number of nitrogens with zero attached hydrogens (tertiary/aromatic N) is 1. The number of aromatic nitrogens is 1. The van der Waals surface area contributed by atoms with E-state index < -0.39 is 8.32 Å². The predicted molar refractivity (Wildman–Crippen MR) is 80.6 cm³/mol. The molecule has 0 spiro atoms. The van der Waals surface area contributed by atoms with E-state index in [4.69, 9.17) is 9.16 Å². The maximum atomic E-state index is 6.03. The molecule has 0 aromatic carbocycles. The summed E-state index contributed by atoms with van der Waals surface area (Å²) < 4.78 is 12.5. The van der Waals surface area contributed by atoms with Crippen molar-refractivity contribution in [1.29, 1.82) is 0 Å². The lowest BCUT2D eigenvalue weighted by Gasteiger charge is -2.36. The van der Waals surface area contributed by atoms with Crippen LogP contribution < -0.4 is 4.74 Å². The highest BCUT2D eigenvalue weighted by Gasteiger charge is 2.36. The van der Waals surface area contributed by atoms with Crippen molar-refractivity contribution in [2.24, 2.45) is 0 Å². The quantitative estimate of drug-likeness (QED) is 0.597. The summed E-state index contributed by atoms with van der Waals surface area (Å²) in [4.78, 5) is 4.15. The molecule has 0 amide bonds. The number of rotatable bonds is 5. The van der Waals surface area contributed by atoms with Gasteiger partial charge >= 0.3 is 0 Å². The fraction of sp³-hybridized carbons (Fsp3) is 0.615. The molecule has 1 heterocycles. The minimum absolute atomic E-state index is 0.235. The van der Waals surface area contributed by atoms with Crippen LogP contribution in [0.25, 0.3) is 0 Å². The maximum absolute atomic E-state index is 6.03. The average Bonchev–Trinajstić information content (AvgIpc) is 2.25. The van der Waals surface area contributed by atoms with Gasteiger partial charge in [-0.1, -0.05) is 20.8 Å². The molecule has 0 aliphatic heterocycles. The van der Waals surface area contributed by atoms with Gasteiger partial charge in [0.2, 0.25) is 5.88 Å². The maximum Gasteiger partial charge on any atom is 0.228 e. The van der Waals surface area contributed by atoms with Gasteiger partial charge in [-0.25, -0.2) is 4.98 Å². The van der Waals surface area contributed by atoms with Crippen molar-refractivity contribution in [3.63, 3.8) is 0 Å². The summed E-state index contributed by atoms with van der Waals surface area (Å²) in [5, 5.41) is 0.235. The van der Waals surface area contributed by atoms with E-state index >= 15 is 0 Å². The fourth-order valence-corrected chi connectivity index (χ4v) is 2.53. The molecule has 0 atom stereocenters. The van der Waals surface area contributed by atoms with Crippen molar-refractivity contribution in [3.05, 3.63) is 22.8 Å². The molecule has 0 radical (unpaired) electrons. The molecule has 0 bridgehead atoms. The molecule has 0 fully saturated rings. The van der Waals surface area contributed by atoms with E-state index in [9.17, 15) is 0 Å². The number of halogens is 1. The van der Waals surface area contributed by atoms with Crippen molar-refractivity contribution in [1.82, 2.24) is 4.98 Å². The Bertz CT molecular complexity index is 391. The standard InChI is InChI=1S/C13H22BrNO2Si/c1-13(2,3)18(4,5)17-10-9-16-12-11(14)7-6-8-15-12/h6-8H,9-10H2,1-5H3. The lowest BCUT2D eigenvalue weighted by molar-refractivity contribution is 0.198. The van der Waals surface area contributed by atoms with Crippen LogP contribution in [0.15, 0.2) is 22.8 Å². The van der Waals surface area contributed by atoms with Crippen LogP contribution in [0.4, 0.5) is 0 Å².